The molecule has 9 heteroatoms. The maximum absolute atomic E-state index is 13.3. The zero-order chi connectivity index (χ0) is 21.0. The Morgan fingerprint density at radius 2 is 1.90 bits per heavy atom. The molecule has 2 aromatic carbocycles. The third kappa shape index (κ3) is 4.58. The van der Waals surface area contributed by atoms with Gasteiger partial charge in [-0.15, -0.1) is 13.2 Å². The molecule has 1 heterocycles. The van der Waals surface area contributed by atoms with Crippen molar-refractivity contribution in [1.82, 2.24) is 9.29 Å². The van der Waals surface area contributed by atoms with Crippen LogP contribution in [0.5, 0.6) is 0 Å². The Balaban J connectivity index is 1.89. The molecule has 0 bridgehead atoms. The zero-order valence-electron chi connectivity index (χ0n) is 15.3. The molecule has 1 amide bonds. The summed E-state index contributed by atoms with van der Waals surface area (Å²) in [6.45, 7) is 7.49. The van der Waals surface area contributed by atoms with Gasteiger partial charge in [-0.1, -0.05) is 29.6 Å². The van der Waals surface area contributed by atoms with Crippen molar-refractivity contribution in [2.45, 2.75) is 4.90 Å². The maximum atomic E-state index is 13.3. The summed E-state index contributed by atoms with van der Waals surface area (Å²) in [4.78, 5) is 16.7. The fourth-order valence-corrected chi connectivity index (χ4v) is 5.01. The lowest BCUT2D eigenvalue weighted by atomic mass is 10.2. The van der Waals surface area contributed by atoms with Crippen molar-refractivity contribution >= 4 is 42.6 Å². The standard InChI is InChI=1S/C20H18FN3O3S2/c1-3-10-24(11-4-2)29(26,27)16-8-9-17-18(13-16)28-20(22-17)23-19(25)14-6-5-7-15(21)12-14/h3-9,12-13H,1-2,10-11H2,(H,22,23,25). The van der Waals surface area contributed by atoms with E-state index in [1.807, 2.05) is 0 Å². The summed E-state index contributed by atoms with van der Waals surface area (Å²) in [5.74, 6) is -1.01. The van der Waals surface area contributed by atoms with E-state index >= 15 is 0 Å². The highest BCUT2D eigenvalue weighted by Gasteiger charge is 2.23. The third-order valence-electron chi connectivity index (χ3n) is 3.97. The normalized spacial score (nSPS) is 11.5. The van der Waals surface area contributed by atoms with E-state index in [0.29, 0.717) is 10.2 Å². The van der Waals surface area contributed by atoms with Gasteiger partial charge < -0.3 is 0 Å². The Morgan fingerprint density at radius 1 is 1.17 bits per heavy atom. The number of carbonyl (C=O) groups excluding carboxylic acids is 1. The first kappa shape index (κ1) is 20.8. The number of aromatic nitrogens is 1. The van der Waals surface area contributed by atoms with Crippen molar-refractivity contribution in [3.8, 4) is 0 Å². The molecular formula is C20H18FN3O3S2. The van der Waals surface area contributed by atoms with Crippen molar-refractivity contribution < 1.29 is 17.6 Å². The number of thiazole rings is 1. The van der Waals surface area contributed by atoms with Crippen LogP contribution in [0.2, 0.25) is 0 Å². The summed E-state index contributed by atoms with van der Waals surface area (Å²) in [6, 6.07) is 9.87. The number of carbonyl (C=O) groups is 1. The summed E-state index contributed by atoms with van der Waals surface area (Å²) >= 11 is 1.13. The molecule has 0 aliphatic carbocycles. The van der Waals surface area contributed by atoms with E-state index in [2.05, 4.69) is 23.5 Å². The molecule has 6 nitrogen and oxygen atoms in total. The molecule has 0 aliphatic heterocycles. The quantitative estimate of drug-likeness (QED) is 0.546. The van der Waals surface area contributed by atoms with Crippen molar-refractivity contribution in [1.29, 1.82) is 0 Å². The van der Waals surface area contributed by atoms with Crippen LogP contribution < -0.4 is 5.32 Å². The van der Waals surface area contributed by atoms with E-state index in [1.165, 1.54) is 46.8 Å². The Hall–Kier alpha value is -2.88. The van der Waals surface area contributed by atoms with E-state index in [9.17, 15) is 17.6 Å². The number of hydrogen-bond donors (Lipinski definition) is 1. The highest BCUT2D eigenvalue weighted by molar-refractivity contribution is 7.89. The van der Waals surface area contributed by atoms with Gasteiger partial charge in [-0.2, -0.15) is 4.31 Å². The van der Waals surface area contributed by atoms with Crippen molar-refractivity contribution in [2.24, 2.45) is 0 Å². The lowest BCUT2D eigenvalue weighted by molar-refractivity contribution is 0.102. The van der Waals surface area contributed by atoms with Crippen LogP contribution in [-0.2, 0) is 10.0 Å². The van der Waals surface area contributed by atoms with Crippen molar-refractivity contribution in [3.63, 3.8) is 0 Å². The van der Waals surface area contributed by atoms with Crippen LogP contribution >= 0.6 is 11.3 Å². The minimum Gasteiger partial charge on any atom is -0.298 e. The zero-order valence-corrected chi connectivity index (χ0v) is 17.0. The Kier molecular flexibility index (Phi) is 6.21. The number of fused-ring (bicyclic) bond motifs is 1. The molecule has 3 aromatic rings. The van der Waals surface area contributed by atoms with Crippen LogP contribution in [0, 0.1) is 5.82 Å². The molecule has 0 aliphatic rings. The topological polar surface area (TPSA) is 79.4 Å². The molecule has 150 valence electrons. The van der Waals surface area contributed by atoms with Gasteiger partial charge >= 0.3 is 0 Å². The van der Waals surface area contributed by atoms with Crippen LogP contribution in [-0.4, -0.2) is 36.7 Å². The summed E-state index contributed by atoms with van der Waals surface area (Å²) < 4.78 is 40.9. The first-order chi connectivity index (χ1) is 13.8. The minimum atomic E-state index is -3.74. The van der Waals surface area contributed by atoms with Gasteiger partial charge in [-0.05, 0) is 36.4 Å². The summed E-state index contributed by atoms with van der Waals surface area (Å²) in [5.41, 5.74) is 0.708. The molecule has 0 atom stereocenters. The van der Waals surface area contributed by atoms with Gasteiger partial charge in [0.1, 0.15) is 5.82 Å². The predicted octanol–water partition coefficient (Wildman–Crippen LogP) is 4.05. The fraction of sp³-hybridized carbons (Fsp3) is 0.100. The third-order valence-corrected chi connectivity index (χ3v) is 6.73. The second-order valence-corrected chi connectivity index (χ2v) is 8.98. The number of amides is 1. The van der Waals surface area contributed by atoms with E-state index in [4.69, 9.17) is 0 Å². The molecule has 1 N–H and O–H groups in total. The number of rotatable bonds is 8. The molecule has 0 radical (unpaired) electrons. The number of nitrogens with one attached hydrogen (secondary N) is 1. The lowest BCUT2D eigenvalue weighted by Gasteiger charge is -2.18. The number of halogens is 1. The first-order valence-corrected chi connectivity index (χ1v) is 10.8. The van der Waals surface area contributed by atoms with E-state index in [-0.39, 0.29) is 28.7 Å². The number of hydrogen-bond acceptors (Lipinski definition) is 5. The number of nitrogens with zero attached hydrogens (tertiary/aromatic N) is 2. The second kappa shape index (κ2) is 8.64. The molecule has 1 aromatic heterocycles. The minimum absolute atomic E-state index is 0.111. The smallest absolute Gasteiger partial charge is 0.257 e. The molecule has 0 saturated carbocycles. The monoisotopic (exact) mass is 431 g/mol. The van der Waals surface area contributed by atoms with E-state index in [0.717, 1.165) is 17.4 Å². The van der Waals surface area contributed by atoms with E-state index < -0.39 is 21.7 Å². The van der Waals surface area contributed by atoms with Crippen LogP contribution in [0.1, 0.15) is 10.4 Å². The molecule has 29 heavy (non-hydrogen) atoms. The van der Waals surface area contributed by atoms with Crippen LogP contribution in [0.15, 0.2) is 72.7 Å². The predicted molar refractivity (Wildman–Crippen MR) is 113 cm³/mol. The van der Waals surface area contributed by atoms with Gasteiger partial charge in [0.15, 0.2) is 5.13 Å². The lowest BCUT2D eigenvalue weighted by Crippen LogP contribution is -2.31. The molecule has 0 saturated heterocycles. The molecule has 0 unspecified atom stereocenters. The summed E-state index contributed by atoms with van der Waals surface area (Å²) in [5, 5.41) is 2.90. The van der Waals surface area contributed by atoms with E-state index in [1.54, 1.807) is 6.07 Å². The molecule has 3 rings (SSSR count). The average Bonchev–Trinajstić information content (AvgIpc) is 3.09. The number of benzene rings is 2. The van der Waals surface area contributed by atoms with Gasteiger partial charge in [0.05, 0.1) is 15.1 Å². The summed E-state index contributed by atoms with van der Waals surface area (Å²) in [6.07, 6.45) is 3.01. The van der Waals surface area contributed by atoms with Gasteiger partial charge in [0.25, 0.3) is 5.91 Å². The Labute approximate surface area is 172 Å². The number of anilines is 1. The Morgan fingerprint density at radius 3 is 2.55 bits per heavy atom. The van der Waals surface area contributed by atoms with Crippen LogP contribution in [0.25, 0.3) is 10.2 Å². The highest BCUT2D eigenvalue weighted by atomic mass is 32.2. The maximum Gasteiger partial charge on any atom is 0.257 e. The fourth-order valence-electron chi connectivity index (χ4n) is 2.63. The number of sulfonamides is 1. The molecular weight excluding hydrogens is 413 g/mol. The SMILES string of the molecule is C=CCN(CC=C)S(=O)(=O)c1ccc2nc(NC(=O)c3cccc(F)c3)sc2c1. The Bertz CT molecular complexity index is 1180. The van der Waals surface area contributed by atoms with Gasteiger partial charge in [-0.25, -0.2) is 17.8 Å². The average molecular weight is 432 g/mol. The largest absolute Gasteiger partial charge is 0.298 e. The highest BCUT2D eigenvalue weighted by Crippen LogP contribution is 2.29. The molecule has 0 fully saturated rings. The van der Waals surface area contributed by atoms with Crippen molar-refractivity contribution in [2.75, 3.05) is 18.4 Å². The van der Waals surface area contributed by atoms with Crippen molar-refractivity contribution in [3.05, 3.63) is 79.2 Å². The van der Waals surface area contributed by atoms with Crippen LogP contribution in [0.4, 0.5) is 9.52 Å². The summed E-state index contributed by atoms with van der Waals surface area (Å²) in [7, 11) is -3.74. The van der Waals surface area contributed by atoms with Gasteiger partial charge in [0, 0.05) is 18.7 Å². The van der Waals surface area contributed by atoms with Gasteiger partial charge in [0.2, 0.25) is 10.0 Å². The second-order valence-electron chi connectivity index (χ2n) is 6.01. The van der Waals surface area contributed by atoms with Crippen LogP contribution in [0.3, 0.4) is 0 Å². The molecule has 0 spiro atoms. The van der Waals surface area contributed by atoms with Gasteiger partial charge in [-0.3, -0.25) is 10.1 Å². The first-order valence-electron chi connectivity index (χ1n) is 8.54.